The van der Waals surface area contributed by atoms with Crippen molar-refractivity contribution >= 4 is 31.5 Å². The molecular formula is C13H18ClNO4S2. The zero-order chi connectivity index (χ0) is 15.8. The minimum absolute atomic E-state index is 0.0157. The Bertz CT molecular complexity index is 705. The summed E-state index contributed by atoms with van der Waals surface area (Å²) in [5.74, 6) is 0.0580. The fraction of sp³-hybridized carbons (Fsp3) is 0.538. The van der Waals surface area contributed by atoms with Gasteiger partial charge in [0.05, 0.1) is 15.9 Å². The molecule has 0 bridgehead atoms. The molecule has 0 unspecified atom stereocenters. The molecule has 0 radical (unpaired) electrons. The molecule has 5 nitrogen and oxygen atoms in total. The van der Waals surface area contributed by atoms with E-state index in [1.54, 1.807) is 0 Å². The van der Waals surface area contributed by atoms with E-state index < -0.39 is 25.1 Å². The van der Waals surface area contributed by atoms with Crippen molar-refractivity contribution in [2.45, 2.75) is 24.0 Å². The maximum Gasteiger partial charge on any atom is 0.214 e. The highest BCUT2D eigenvalue weighted by atomic mass is 35.5. The lowest BCUT2D eigenvalue weighted by Crippen LogP contribution is -2.57. The molecule has 8 heteroatoms. The molecule has 0 atom stereocenters. The quantitative estimate of drug-likeness (QED) is 0.810. The first-order valence-corrected chi connectivity index (χ1v) is 10.1. The van der Waals surface area contributed by atoms with E-state index in [9.17, 15) is 16.8 Å². The molecule has 1 aromatic carbocycles. The van der Waals surface area contributed by atoms with Gasteiger partial charge in [-0.3, -0.25) is 0 Å². The predicted molar refractivity (Wildman–Crippen MR) is 82.6 cm³/mol. The van der Waals surface area contributed by atoms with Gasteiger partial charge in [-0.2, -0.15) is 4.31 Å². The monoisotopic (exact) mass is 351 g/mol. The standard InChI is InChI=1S/C13H18ClNO4S2/c1-10(2)9-20(16,17)15-7-13(8-15)21(18,19)12-5-3-11(14)4-6-12/h3-6,10,13H,7-9H2,1-2H3. The Kier molecular flexibility index (Phi) is 4.68. The fourth-order valence-electron chi connectivity index (χ4n) is 2.17. The van der Waals surface area contributed by atoms with Crippen molar-refractivity contribution in [3.63, 3.8) is 0 Å². The molecule has 118 valence electrons. The summed E-state index contributed by atoms with van der Waals surface area (Å²) >= 11 is 5.74. The van der Waals surface area contributed by atoms with Crippen LogP contribution in [0.2, 0.25) is 5.02 Å². The Morgan fingerprint density at radius 2 is 1.67 bits per heavy atom. The van der Waals surface area contributed by atoms with Crippen LogP contribution < -0.4 is 0 Å². The van der Waals surface area contributed by atoms with E-state index in [4.69, 9.17) is 11.6 Å². The van der Waals surface area contributed by atoms with Gasteiger partial charge in [0.2, 0.25) is 10.0 Å². The normalized spacial score (nSPS) is 17.9. The molecule has 1 aliphatic heterocycles. The molecule has 1 heterocycles. The number of hydrogen-bond acceptors (Lipinski definition) is 4. The van der Waals surface area contributed by atoms with Crippen LogP contribution in [0.4, 0.5) is 0 Å². The van der Waals surface area contributed by atoms with Gasteiger partial charge >= 0.3 is 0 Å². The Morgan fingerprint density at radius 3 is 2.14 bits per heavy atom. The number of benzene rings is 1. The Hall–Kier alpha value is -0.630. The highest BCUT2D eigenvalue weighted by molar-refractivity contribution is 7.92. The van der Waals surface area contributed by atoms with Gasteiger partial charge in [-0.1, -0.05) is 25.4 Å². The van der Waals surface area contributed by atoms with Crippen LogP contribution in [0.25, 0.3) is 0 Å². The predicted octanol–water partition coefficient (Wildman–Crippen LogP) is 1.78. The van der Waals surface area contributed by atoms with E-state index in [2.05, 4.69) is 0 Å². The zero-order valence-corrected chi connectivity index (χ0v) is 14.2. The zero-order valence-electron chi connectivity index (χ0n) is 11.9. The summed E-state index contributed by atoms with van der Waals surface area (Å²) in [6.07, 6.45) is 0. The number of hydrogen-bond donors (Lipinski definition) is 0. The molecule has 1 aromatic rings. The third-order valence-corrected chi connectivity index (χ3v) is 7.86. The van der Waals surface area contributed by atoms with Gasteiger partial charge < -0.3 is 0 Å². The van der Waals surface area contributed by atoms with Gasteiger partial charge in [0.25, 0.3) is 0 Å². The van der Waals surface area contributed by atoms with Crippen molar-refractivity contribution in [3.05, 3.63) is 29.3 Å². The topological polar surface area (TPSA) is 71.5 Å². The molecule has 2 rings (SSSR count). The van der Waals surface area contributed by atoms with Gasteiger partial charge in [0.1, 0.15) is 0 Å². The molecule has 1 saturated heterocycles. The molecule has 21 heavy (non-hydrogen) atoms. The number of sulfone groups is 1. The molecule has 0 N–H and O–H groups in total. The Balaban J connectivity index is 2.09. The van der Waals surface area contributed by atoms with Gasteiger partial charge in [0.15, 0.2) is 9.84 Å². The number of sulfonamides is 1. The maximum absolute atomic E-state index is 12.4. The summed E-state index contributed by atoms with van der Waals surface area (Å²) in [6, 6.07) is 5.92. The minimum Gasteiger partial charge on any atom is -0.223 e. The van der Waals surface area contributed by atoms with Crippen LogP contribution in [-0.4, -0.2) is 45.2 Å². The summed E-state index contributed by atoms with van der Waals surface area (Å²) in [6.45, 7) is 3.69. The van der Waals surface area contributed by atoms with Crippen LogP contribution in [-0.2, 0) is 19.9 Å². The van der Waals surface area contributed by atoms with E-state index in [-0.39, 0.29) is 29.7 Å². The molecule has 0 saturated carbocycles. The molecular weight excluding hydrogens is 334 g/mol. The van der Waals surface area contributed by atoms with Crippen LogP contribution in [0, 0.1) is 5.92 Å². The summed E-state index contributed by atoms with van der Waals surface area (Å²) in [4.78, 5) is 0.179. The van der Waals surface area contributed by atoms with Crippen molar-refractivity contribution < 1.29 is 16.8 Å². The molecule has 0 spiro atoms. The summed E-state index contributed by atoms with van der Waals surface area (Å²) in [5.41, 5.74) is 0. The Morgan fingerprint density at radius 1 is 1.14 bits per heavy atom. The van der Waals surface area contributed by atoms with Crippen LogP contribution in [0.1, 0.15) is 13.8 Å². The van der Waals surface area contributed by atoms with E-state index >= 15 is 0 Å². The molecule has 0 aromatic heterocycles. The summed E-state index contributed by atoms with van der Waals surface area (Å²) in [5, 5.41) is -0.218. The highest BCUT2D eigenvalue weighted by Crippen LogP contribution is 2.27. The molecule has 1 fully saturated rings. The summed E-state index contributed by atoms with van der Waals surface area (Å²) in [7, 11) is -6.86. The van der Waals surface area contributed by atoms with Crippen LogP contribution >= 0.6 is 11.6 Å². The van der Waals surface area contributed by atoms with Crippen LogP contribution in [0.15, 0.2) is 29.2 Å². The Labute approximate surface area is 130 Å². The van der Waals surface area contributed by atoms with E-state index in [1.807, 2.05) is 13.8 Å². The number of nitrogens with zero attached hydrogens (tertiary/aromatic N) is 1. The van der Waals surface area contributed by atoms with Crippen molar-refractivity contribution in [2.24, 2.45) is 5.92 Å². The van der Waals surface area contributed by atoms with Gasteiger partial charge in [-0.25, -0.2) is 16.8 Å². The lowest BCUT2D eigenvalue weighted by Gasteiger charge is -2.37. The second-order valence-corrected chi connectivity index (χ2v) is 10.3. The second-order valence-electron chi connectivity index (χ2n) is 5.61. The van der Waals surface area contributed by atoms with Crippen molar-refractivity contribution in [1.29, 1.82) is 0 Å². The third-order valence-electron chi connectivity index (χ3n) is 3.33. The van der Waals surface area contributed by atoms with Gasteiger partial charge in [-0.05, 0) is 30.2 Å². The lowest BCUT2D eigenvalue weighted by molar-refractivity contribution is 0.308. The van der Waals surface area contributed by atoms with Gasteiger partial charge in [-0.15, -0.1) is 0 Å². The average Bonchev–Trinajstić information content (AvgIpc) is 2.24. The minimum atomic E-state index is -3.51. The van der Waals surface area contributed by atoms with E-state index in [1.165, 1.54) is 28.6 Å². The fourth-order valence-corrected chi connectivity index (χ4v) is 6.00. The first-order valence-electron chi connectivity index (χ1n) is 6.60. The van der Waals surface area contributed by atoms with Crippen LogP contribution in [0.5, 0.6) is 0 Å². The van der Waals surface area contributed by atoms with Crippen molar-refractivity contribution in [1.82, 2.24) is 4.31 Å². The lowest BCUT2D eigenvalue weighted by atomic mass is 10.3. The SMILES string of the molecule is CC(C)CS(=O)(=O)N1CC(S(=O)(=O)c2ccc(Cl)cc2)C1. The van der Waals surface area contributed by atoms with Crippen molar-refractivity contribution in [3.8, 4) is 0 Å². The third kappa shape index (κ3) is 3.59. The molecule has 0 amide bonds. The first-order chi connectivity index (χ1) is 9.63. The number of rotatable bonds is 5. The molecule has 0 aliphatic carbocycles. The number of halogens is 1. The largest absolute Gasteiger partial charge is 0.223 e. The highest BCUT2D eigenvalue weighted by Gasteiger charge is 2.43. The van der Waals surface area contributed by atoms with Crippen LogP contribution in [0.3, 0.4) is 0 Å². The summed E-state index contributed by atoms with van der Waals surface area (Å²) < 4.78 is 49.9. The average molecular weight is 352 g/mol. The maximum atomic E-state index is 12.4. The molecule has 1 aliphatic rings. The van der Waals surface area contributed by atoms with Gasteiger partial charge in [0, 0.05) is 18.1 Å². The second kappa shape index (κ2) is 5.87. The first kappa shape index (κ1) is 16.7. The van der Waals surface area contributed by atoms with Crippen molar-refractivity contribution in [2.75, 3.05) is 18.8 Å². The smallest absolute Gasteiger partial charge is 0.214 e. The van der Waals surface area contributed by atoms with E-state index in [0.29, 0.717) is 5.02 Å². The van der Waals surface area contributed by atoms with E-state index in [0.717, 1.165) is 0 Å².